The van der Waals surface area contributed by atoms with E-state index in [9.17, 15) is 0 Å². The lowest BCUT2D eigenvalue weighted by atomic mass is 9.83. The minimum absolute atomic E-state index is 0.164. The first-order chi connectivity index (χ1) is 4.54. The predicted molar refractivity (Wildman–Crippen MR) is 44.7 cm³/mol. The van der Waals surface area contributed by atoms with Crippen LogP contribution in [0.4, 0.5) is 0 Å². The van der Waals surface area contributed by atoms with Crippen molar-refractivity contribution in [3.63, 3.8) is 0 Å². The molecule has 1 nitrogen and oxygen atoms in total. The summed E-state index contributed by atoms with van der Waals surface area (Å²) in [6.07, 6.45) is 5.26. The Hall–Kier alpha value is -0.560. The third-order valence-electron chi connectivity index (χ3n) is 2.35. The van der Waals surface area contributed by atoms with E-state index in [0.717, 1.165) is 6.42 Å². The molecule has 1 rings (SSSR count). The molecule has 0 aromatic rings. The second-order valence-electron chi connectivity index (χ2n) is 3.46. The van der Waals surface area contributed by atoms with Crippen LogP contribution in [0.2, 0.25) is 0 Å². The quantitative estimate of drug-likeness (QED) is 0.586. The maximum atomic E-state index is 5.80. The van der Waals surface area contributed by atoms with Gasteiger partial charge in [-0.05, 0) is 13.3 Å². The van der Waals surface area contributed by atoms with Crippen LogP contribution < -0.4 is 5.73 Å². The van der Waals surface area contributed by atoms with Gasteiger partial charge in [-0.3, -0.25) is 0 Å². The summed E-state index contributed by atoms with van der Waals surface area (Å²) < 4.78 is 0. The predicted octanol–water partition coefficient (Wildman–Crippen LogP) is 1.86. The van der Waals surface area contributed by atoms with E-state index in [-0.39, 0.29) is 11.5 Å². The third-order valence-corrected chi connectivity index (χ3v) is 2.35. The second kappa shape index (κ2) is 2.24. The molecule has 0 heterocycles. The molecule has 10 heavy (non-hydrogen) atoms. The molecule has 1 unspecified atom stereocenters. The Balaban J connectivity index is 2.74. The lowest BCUT2D eigenvalue weighted by molar-refractivity contribution is 0.365. The molecule has 1 heteroatoms. The van der Waals surface area contributed by atoms with Gasteiger partial charge in [0, 0.05) is 11.5 Å². The number of hydrogen-bond acceptors (Lipinski definition) is 1. The highest BCUT2D eigenvalue weighted by atomic mass is 14.7. The van der Waals surface area contributed by atoms with Crippen molar-refractivity contribution in [3.8, 4) is 0 Å². The Bertz CT molecular complexity index is 179. The van der Waals surface area contributed by atoms with E-state index in [1.807, 2.05) is 6.92 Å². The van der Waals surface area contributed by atoms with Gasteiger partial charge in [-0.15, -0.1) is 0 Å². The van der Waals surface area contributed by atoms with E-state index in [1.54, 1.807) is 0 Å². The van der Waals surface area contributed by atoms with Crippen molar-refractivity contribution in [1.82, 2.24) is 0 Å². The highest BCUT2D eigenvalue weighted by molar-refractivity contribution is 5.28. The fourth-order valence-electron chi connectivity index (χ4n) is 1.23. The average molecular weight is 137 g/mol. The average Bonchev–Trinajstić information content (AvgIpc) is 2.13. The topological polar surface area (TPSA) is 26.0 Å². The molecule has 0 spiro atoms. The van der Waals surface area contributed by atoms with Gasteiger partial charge >= 0.3 is 0 Å². The largest absolute Gasteiger partial charge is 0.327 e. The molecule has 1 aliphatic rings. The first kappa shape index (κ1) is 7.55. The SMILES string of the molecule is C=C1C=C[C@@](C)(C(C)N)C1. The highest BCUT2D eigenvalue weighted by Crippen LogP contribution is 2.35. The zero-order chi connectivity index (χ0) is 7.78. The molecule has 56 valence electrons. The molecular weight excluding hydrogens is 122 g/mol. The van der Waals surface area contributed by atoms with Gasteiger partial charge in [0.2, 0.25) is 0 Å². The van der Waals surface area contributed by atoms with E-state index in [0.29, 0.717) is 0 Å². The van der Waals surface area contributed by atoms with Gasteiger partial charge in [-0.2, -0.15) is 0 Å². The molecule has 2 N–H and O–H groups in total. The van der Waals surface area contributed by atoms with Gasteiger partial charge in [-0.1, -0.05) is 31.2 Å². The van der Waals surface area contributed by atoms with Crippen LogP contribution in [0.3, 0.4) is 0 Å². The van der Waals surface area contributed by atoms with Gasteiger partial charge in [-0.25, -0.2) is 0 Å². The molecule has 0 aromatic carbocycles. The first-order valence-corrected chi connectivity index (χ1v) is 3.67. The molecule has 0 aromatic heterocycles. The van der Waals surface area contributed by atoms with Crippen molar-refractivity contribution < 1.29 is 0 Å². The summed E-state index contributed by atoms with van der Waals surface area (Å²) in [5.74, 6) is 0. The van der Waals surface area contributed by atoms with Crippen LogP contribution in [0, 0.1) is 5.41 Å². The fraction of sp³-hybridized carbons (Fsp3) is 0.556. The van der Waals surface area contributed by atoms with E-state index in [2.05, 4.69) is 25.7 Å². The van der Waals surface area contributed by atoms with E-state index >= 15 is 0 Å². The minimum atomic E-state index is 0.164. The fourth-order valence-corrected chi connectivity index (χ4v) is 1.23. The summed E-state index contributed by atoms with van der Waals surface area (Å²) >= 11 is 0. The normalized spacial score (nSPS) is 34.9. The van der Waals surface area contributed by atoms with Crippen LogP contribution in [0.5, 0.6) is 0 Å². The molecule has 0 radical (unpaired) electrons. The zero-order valence-corrected chi connectivity index (χ0v) is 6.72. The van der Waals surface area contributed by atoms with Crippen LogP contribution in [0.15, 0.2) is 24.3 Å². The van der Waals surface area contributed by atoms with Crippen LogP contribution >= 0.6 is 0 Å². The molecule has 2 atom stereocenters. The second-order valence-corrected chi connectivity index (χ2v) is 3.46. The maximum Gasteiger partial charge on any atom is 0.0102 e. The van der Waals surface area contributed by atoms with Crippen molar-refractivity contribution in [2.75, 3.05) is 0 Å². The standard InChI is InChI=1S/C9H15N/c1-7-4-5-9(3,6-7)8(2)10/h4-5,8H,1,6,10H2,2-3H3/t8?,9-/m1/s1. The smallest absolute Gasteiger partial charge is 0.0102 e. The Labute approximate surface area is 62.6 Å². The van der Waals surface area contributed by atoms with Crippen LogP contribution in [0.25, 0.3) is 0 Å². The van der Waals surface area contributed by atoms with Gasteiger partial charge in [0.25, 0.3) is 0 Å². The summed E-state index contributed by atoms with van der Waals surface area (Å²) in [5.41, 5.74) is 7.16. The van der Waals surface area contributed by atoms with Gasteiger partial charge in [0.1, 0.15) is 0 Å². The van der Waals surface area contributed by atoms with Gasteiger partial charge in [0.05, 0.1) is 0 Å². The van der Waals surface area contributed by atoms with Crippen LogP contribution in [-0.4, -0.2) is 6.04 Å². The maximum absolute atomic E-state index is 5.80. The van der Waals surface area contributed by atoms with Gasteiger partial charge < -0.3 is 5.73 Å². The minimum Gasteiger partial charge on any atom is -0.327 e. The molecule has 0 bridgehead atoms. The van der Waals surface area contributed by atoms with E-state index in [1.165, 1.54) is 5.57 Å². The van der Waals surface area contributed by atoms with Crippen molar-refractivity contribution in [1.29, 1.82) is 0 Å². The summed E-state index contributed by atoms with van der Waals surface area (Å²) in [6.45, 7) is 8.11. The number of nitrogens with two attached hydrogens (primary N) is 1. The van der Waals surface area contributed by atoms with Crippen molar-refractivity contribution in [2.45, 2.75) is 26.3 Å². The van der Waals surface area contributed by atoms with Crippen LogP contribution in [-0.2, 0) is 0 Å². The molecule has 0 saturated heterocycles. The molecule has 0 saturated carbocycles. The number of hydrogen-bond donors (Lipinski definition) is 1. The highest BCUT2D eigenvalue weighted by Gasteiger charge is 2.29. The van der Waals surface area contributed by atoms with E-state index in [4.69, 9.17) is 5.73 Å². The van der Waals surface area contributed by atoms with Gasteiger partial charge in [0.15, 0.2) is 0 Å². The summed E-state index contributed by atoms with van der Waals surface area (Å²) in [5, 5.41) is 0. The Kier molecular flexibility index (Phi) is 1.69. The zero-order valence-electron chi connectivity index (χ0n) is 6.72. The summed E-state index contributed by atoms with van der Waals surface area (Å²) in [4.78, 5) is 0. The summed E-state index contributed by atoms with van der Waals surface area (Å²) in [6, 6.07) is 0.225. The Morgan fingerprint density at radius 1 is 1.80 bits per heavy atom. The lowest BCUT2D eigenvalue weighted by Crippen LogP contribution is -2.33. The lowest BCUT2D eigenvalue weighted by Gasteiger charge is -2.26. The third kappa shape index (κ3) is 1.14. The monoisotopic (exact) mass is 137 g/mol. The Morgan fingerprint density at radius 3 is 2.60 bits per heavy atom. The molecule has 0 aliphatic heterocycles. The number of rotatable bonds is 1. The molecular formula is C9H15N. The molecule has 0 amide bonds. The molecule has 1 aliphatic carbocycles. The van der Waals surface area contributed by atoms with Crippen molar-refractivity contribution in [2.24, 2.45) is 11.1 Å². The molecule has 0 fully saturated rings. The van der Waals surface area contributed by atoms with Crippen LogP contribution in [0.1, 0.15) is 20.3 Å². The first-order valence-electron chi connectivity index (χ1n) is 3.67. The Morgan fingerprint density at radius 2 is 2.40 bits per heavy atom. The van der Waals surface area contributed by atoms with Crippen molar-refractivity contribution >= 4 is 0 Å². The summed E-state index contributed by atoms with van der Waals surface area (Å²) in [7, 11) is 0. The number of allylic oxidation sites excluding steroid dienone is 2. The van der Waals surface area contributed by atoms with Crippen molar-refractivity contribution in [3.05, 3.63) is 24.3 Å². The van der Waals surface area contributed by atoms with E-state index < -0.39 is 0 Å².